The molecule has 164 valence electrons. The number of carbonyl (C=O) groups excluding carboxylic acids is 2. The minimum Gasteiger partial charge on any atom is -0.332 e. The van der Waals surface area contributed by atoms with Crippen LogP contribution < -0.4 is 0 Å². The second-order valence-electron chi connectivity index (χ2n) is 8.12. The van der Waals surface area contributed by atoms with Crippen molar-refractivity contribution in [1.82, 2.24) is 9.80 Å². The number of benzene rings is 1. The van der Waals surface area contributed by atoms with E-state index >= 15 is 0 Å². The molecule has 5 heteroatoms. The van der Waals surface area contributed by atoms with Gasteiger partial charge in [-0.25, -0.2) is 0 Å². The fraction of sp³-hybridized carbons (Fsp3) is 0.520. The lowest BCUT2D eigenvalue weighted by Gasteiger charge is -2.32. The summed E-state index contributed by atoms with van der Waals surface area (Å²) in [5.74, 6) is 0.116. The van der Waals surface area contributed by atoms with Crippen molar-refractivity contribution in [3.63, 3.8) is 0 Å². The maximum Gasteiger partial charge on any atom is 0.242 e. The van der Waals surface area contributed by atoms with E-state index < -0.39 is 0 Å². The number of nitrogens with zero attached hydrogens (tertiary/aromatic N) is 2. The second-order valence-corrected chi connectivity index (χ2v) is 9.15. The Morgan fingerprint density at radius 3 is 2.30 bits per heavy atom. The summed E-state index contributed by atoms with van der Waals surface area (Å²) in [6, 6.07) is 14.1. The highest BCUT2D eigenvalue weighted by Crippen LogP contribution is 2.19. The minimum absolute atomic E-state index is 0.0000179. The van der Waals surface area contributed by atoms with Crippen LogP contribution in [0.4, 0.5) is 0 Å². The zero-order valence-electron chi connectivity index (χ0n) is 18.8. The van der Waals surface area contributed by atoms with E-state index in [-0.39, 0.29) is 30.3 Å². The third-order valence-electron chi connectivity index (χ3n) is 5.46. The topological polar surface area (TPSA) is 40.6 Å². The molecule has 0 N–H and O–H groups in total. The Balaban J connectivity index is 2.16. The van der Waals surface area contributed by atoms with E-state index in [2.05, 4.69) is 19.9 Å². The molecule has 1 aromatic carbocycles. The van der Waals surface area contributed by atoms with Gasteiger partial charge in [-0.1, -0.05) is 63.1 Å². The Labute approximate surface area is 185 Å². The van der Waals surface area contributed by atoms with Gasteiger partial charge in [0.25, 0.3) is 0 Å². The Bertz CT molecular complexity index is 759. The van der Waals surface area contributed by atoms with Gasteiger partial charge in [-0.05, 0) is 43.7 Å². The molecule has 2 amide bonds. The monoisotopic (exact) mass is 428 g/mol. The van der Waals surface area contributed by atoms with E-state index in [4.69, 9.17) is 0 Å². The van der Waals surface area contributed by atoms with Gasteiger partial charge in [0.1, 0.15) is 6.54 Å². The molecule has 0 saturated carbocycles. The highest BCUT2D eigenvalue weighted by molar-refractivity contribution is 7.09. The summed E-state index contributed by atoms with van der Waals surface area (Å²) in [4.78, 5) is 31.4. The number of hydrogen-bond donors (Lipinski definition) is 0. The maximum atomic E-state index is 13.4. The minimum atomic E-state index is -0.00237. The van der Waals surface area contributed by atoms with Gasteiger partial charge in [-0.15, -0.1) is 11.3 Å². The van der Waals surface area contributed by atoms with Gasteiger partial charge in [-0.3, -0.25) is 9.59 Å². The van der Waals surface area contributed by atoms with Crippen LogP contribution in [0, 0.1) is 5.92 Å². The molecule has 2 aromatic rings. The molecule has 1 atom stereocenters. The summed E-state index contributed by atoms with van der Waals surface area (Å²) in [7, 11) is 0. The molecule has 0 aliphatic rings. The second kappa shape index (κ2) is 12.5. The van der Waals surface area contributed by atoms with Crippen molar-refractivity contribution >= 4 is 23.2 Å². The quantitative estimate of drug-likeness (QED) is 0.433. The lowest BCUT2D eigenvalue weighted by Crippen LogP contribution is -2.47. The summed E-state index contributed by atoms with van der Waals surface area (Å²) in [6.07, 6.45) is 3.84. The zero-order valence-corrected chi connectivity index (χ0v) is 19.7. The van der Waals surface area contributed by atoms with E-state index in [1.807, 2.05) is 60.5 Å². The van der Waals surface area contributed by atoms with Crippen molar-refractivity contribution < 1.29 is 9.59 Å². The molecular weight excluding hydrogens is 392 g/mol. The average molecular weight is 429 g/mol. The predicted molar refractivity (Wildman–Crippen MR) is 125 cm³/mol. The first kappa shape index (κ1) is 24.1. The maximum absolute atomic E-state index is 13.4. The molecule has 0 fully saturated rings. The van der Waals surface area contributed by atoms with Gasteiger partial charge in [0, 0.05) is 23.4 Å². The molecule has 0 saturated heterocycles. The summed E-state index contributed by atoms with van der Waals surface area (Å²) >= 11 is 1.65. The van der Waals surface area contributed by atoms with Crippen LogP contribution in [0.25, 0.3) is 0 Å². The Morgan fingerprint density at radius 2 is 1.73 bits per heavy atom. The van der Waals surface area contributed by atoms with Crippen LogP contribution in [0.15, 0.2) is 47.8 Å². The smallest absolute Gasteiger partial charge is 0.242 e. The first-order valence-electron chi connectivity index (χ1n) is 11.1. The molecule has 0 radical (unpaired) electrons. The summed E-state index contributed by atoms with van der Waals surface area (Å²) < 4.78 is 0. The highest BCUT2D eigenvalue weighted by atomic mass is 32.1. The molecule has 0 aliphatic carbocycles. The fourth-order valence-corrected chi connectivity index (χ4v) is 4.29. The highest BCUT2D eigenvalue weighted by Gasteiger charge is 2.28. The van der Waals surface area contributed by atoms with E-state index in [1.165, 1.54) is 0 Å². The van der Waals surface area contributed by atoms with Crippen molar-refractivity contribution in [2.75, 3.05) is 6.54 Å². The van der Waals surface area contributed by atoms with Crippen molar-refractivity contribution in [2.24, 2.45) is 5.92 Å². The molecule has 2 rings (SSSR count). The van der Waals surface area contributed by atoms with Gasteiger partial charge in [0.15, 0.2) is 0 Å². The van der Waals surface area contributed by atoms with Crippen molar-refractivity contribution in [2.45, 2.75) is 72.5 Å². The number of thiophene rings is 1. The number of hydrogen-bond acceptors (Lipinski definition) is 3. The van der Waals surface area contributed by atoms with Crippen LogP contribution in [0.1, 0.15) is 63.8 Å². The van der Waals surface area contributed by atoms with Gasteiger partial charge < -0.3 is 9.80 Å². The average Bonchev–Trinajstić information content (AvgIpc) is 3.25. The molecule has 0 bridgehead atoms. The lowest BCUT2D eigenvalue weighted by atomic mass is 9.97. The van der Waals surface area contributed by atoms with Gasteiger partial charge in [0.2, 0.25) is 11.8 Å². The van der Waals surface area contributed by atoms with Gasteiger partial charge in [0.05, 0.1) is 6.54 Å². The standard InChI is InChI=1S/C25H36N2O2S/c1-5-7-14-22(6-2)25(29)27(20(3)4)19-24(28)26(18-23-15-11-16-30-23)17-21-12-9-8-10-13-21/h8-13,15-16,20,22H,5-7,14,17-19H2,1-4H3. The molecule has 4 nitrogen and oxygen atoms in total. The third-order valence-corrected chi connectivity index (χ3v) is 6.32. The molecule has 0 spiro atoms. The van der Waals surface area contributed by atoms with E-state index in [0.29, 0.717) is 13.1 Å². The molecule has 1 unspecified atom stereocenters. The number of carbonyl (C=O) groups is 2. The van der Waals surface area contributed by atoms with Crippen LogP contribution in [0.5, 0.6) is 0 Å². The largest absolute Gasteiger partial charge is 0.332 e. The van der Waals surface area contributed by atoms with Crippen LogP contribution in [0.2, 0.25) is 0 Å². The Hall–Kier alpha value is -2.14. The number of rotatable bonds is 12. The first-order chi connectivity index (χ1) is 14.5. The summed E-state index contributed by atoms with van der Waals surface area (Å²) in [5.41, 5.74) is 1.10. The number of unbranched alkanes of at least 4 members (excludes halogenated alkanes) is 1. The fourth-order valence-electron chi connectivity index (χ4n) is 3.57. The van der Waals surface area contributed by atoms with Gasteiger partial charge in [-0.2, -0.15) is 0 Å². The van der Waals surface area contributed by atoms with Crippen LogP contribution in [-0.4, -0.2) is 34.2 Å². The Morgan fingerprint density at radius 1 is 1.00 bits per heavy atom. The lowest BCUT2D eigenvalue weighted by molar-refractivity contribution is -0.145. The summed E-state index contributed by atoms with van der Waals surface area (Å²) in [6.45, 7) is 9.46. The molecular formula is C25H36N2O2S. The van der Waals surface area contributed by atoms with Crippen molar-refractivity contribution in [3.05, 3.63) is 58.3 Å². The zero-order chi connectivity index (χ0) is 21.9. The third kappa shape index (κ3) is 7.28. The normalized spacial score (nSPS) is 12.0. The number of amides is 2. The van der Waals surface area contributed by atoms with Crippen molar-refractivity contribution in [1.29, 1.82) is 0 Å². The van der Waals surface area contributed by atoms with E-state index in [0.717, 1.165) is 36.1 Å². The molecule has 30 heavy (non-hydrogen) atoms. The molecule has 1 heterocycles. The SMILES string of the molecule is CCCCC(CC)C(=O)N(CC(=O)N(Cc1ccccc1)Cc1cccs1)C(C)C. The first-order valence-corrected chi connectivity index (χ1v) is 12.0. The van der Waals surface area contributed by atoms with E-state index in [9.17, 15) is 9.59 Å². The van der Waals surface area contributed by atoms with Gasteiger partial charge >= 0.3 is 0 Å². The molecule has 1 aromatic heterocycles. The van der Waals surface area contributed by atoms with Crippen LogP contribution in [0.3, 0.4) is 0 Å². The van der Waals surface area contributed by atoms with Crippen LogP contribution >= 0.6 is 11.3 Å². The predicted octanol–water partition coefficient (Wildman–Crippen LogP) is 5.73. The summed E-state index contributed by atoms with van der Waals surface area (Å²) in [5, 5.41) is 2.03. The Kier molecular flexibility index (Phi) is 10.1. The molecule has 0 aliphatic heterocycles. The van der Waals surface area contributed by atoms with E-state index in [1.54, 1.807) is 16.2 Å². The van der Waals surface area contributed by atoms with Crippen LogP contribution in [-0.2, 0) is 22.7 Å². The van der Waals surface area contributed by atoms with Crippen molar-refractivity contribution in [3.8, 4) is 0 Å².